The van der Waals surface area contributed by atoms with Crippen LogP contribution in [0.1, 0.15) is 29.5 Å². The van der Waals surface area contributed by atoms with Crippen molar-refractivity contribution in [2.75, 3.05) is 0 Å². The molecule has 0 amide bonds. The summed E-state index contributed by atoms with van der Waals surface area (Å²) in [5.74, 6) is 0. The molecule has 0 radical (unpaired) electrons. The van der Waals surface area contributed by atoms with Crippen LogP contribution in [-0.4, -0.2) is 6.04 Å². The van der Waals surface area contributed by atoms with Crippen molar-refractivity contribution in [2.45, 2.75) is 32.4 Å². The second-order valence-corrected chi connectivity index (χ2v) is 3.92. The van der Waals surface area contributed by atoms with Gasteiger partial charge in [-0.2, -0.15) is 5.26 Å². The molecule has 0 saturated heterocycles. The summed E-state index contributed by atoms with van der Waals surface area (Å²) in [6, 6.07) is 8.94. The van der Waals surface area contributed by atoms with E-state index >= 15 is 0 Å². The topological polar surface area (TPSA) is 35.8 Å². The first kappa shape index (κ1) is 9.23. The Morgan fingerprint density at radius 1 is 1.50 bits per heavy atom. The average Bonchev–Trinajstić information content (AvgIpc) is 2.98. The van der Waals surface area contributed by atoms with E-state index in [2.05, 4.69) is 17.5 Å². The van der Waals surface area contributed by atoms with E-state index < -0.39 is 0 Å². The highest BCUT2D eigenvalue weighted by Gasteiger charge is 2.19. The van der Waals surface area contributed by atoms with Gasteiger partial charge in [-0.3, -0.25) is 0 Å². The van der Waals surface area contributed by atoms with Gasteiger partial charge < -0.3 is 5.32 Å². The Morgan fingerprint density at radius 3 is 2.86 bits per heavy atom. The van der Waals surface area contributed by atoms with Crippen molar-refractivity contribution in [3.8, 4) is 6.07 Å². The van der Waals surface area contributed by atoms with Crippen LogP contribution in [0.3, 0.4) is 0 Å². The molecule has 0 heterocycles. The van der Waals surface area contributed by atoms with Crippen LogP contribution in [0.5, 0.6) is 0 Å². The smallest absolute Gasteiger partial charge is 0.0994 e. The van der Waals surface area contributed by atoms with Gasteiger partial charge in [0, 0.05) is 12.6 Å². The second kappa shape index (κ2) is 3.81. The van der Waals surface area contributed by atoms with Crippen molar-refractivity contribution in [3.63, 3.8) is 0 Å². The summed E-state index contributed by atoms with van der Waals surface area (Å²) in [5.41, 5.74) is 3.12. The Bertz CT molecular complexity index is 372. The van der Waals surface area contributed by atoms with Crippen molar-refractivity contribution >= 4 is 0 Å². The molecule has 1 N–H and O–H groups in total. The van der Waals surface area contributed by atoms with Crippen LogP contribution in [0.15, 0.2) is 18.2 Å². The molecule has 14 heavy (non-hydrogen) atoms. The van der Waals surface area contributed by atoms with Crippen LogP contribution in [0.4, 0.5) is 0 Å². The number of aryl methyl sites for hydroxylation is 1. The molecule has 0 aliphatic heterocycles. The highest BCUT2D eigenvalue weighted by atomic mass is 14.9. The molecule has 1 aromatic rings. The second-order valence-electron chi connectivity index (χ2n) is 3.92. The number of nitrogens with one attached hydrogen (secondary N) is 1. The van der Waals surface area contributed by atoms with Crippen LogP contribution in [0, 0.1) is 18.3 Å². The number of benzene rings is 1. The highest BCUT2D eigenvalue weighted by molar-refractivity contribution is 5.39. The van der Waals surface area contributed by atoms with E-state index in [0.717, 1.165) is 23.7 Å². The first-order valence-electron chi connectivity index (χ1n) is 5.02. The van der Waals surface area contributed by atoms with Crippen LogP contribution >= 0.6 is 0 Å². The van der Waals surface area contributed by atoms with E-state index in [4.69, 9.17) is 5.26 Å². The molecule has 1 aliphatic rings. The lowest BCUT2D eigenvalue weighted by molar-refractivity contribution is 0.687. The third-order valence-corrected chi connectivity index (χ3v) is 2.58. The molecular weight excluding hydrogens is 172 g/mol. The largest absolute Gasteiger partial charge is 0.310 e. The maximum absolute atomic E-state index is 8.77. The van der Waals surface area contributed by atoms with Crippen LogP contribution in [0.25, 0.3) is 0 Å². The normalized spacial score (nSPS) is 15.1. The van der Waals surface area contributed by atoms with Gasteiger partial charge in [-0.1, -0.05) is 12.1 Å². The predicted molar refractivity (Wildman–Crippen MR) is 55.8 cm³/mol. The molecule has 2 rings (SSSR count). The Kier molecular flexibility index (Phi) is 2.51. The standard InChI is InChI=1S/C12H14N2/c1-9-6-10(2-3-11(9)7-13)8-14-12-4-5-12/h2-3,6,12,14H,4-5,8H2,1H3. The lowest BCUT2D eigenvalue weighted by Gasteiger charge is -2.04. The minimum Gasteiger partial charge on any atom is -0.310 e. The minimum absolute atomic E-state index is 0.742. The van der Waals surface area contributed by atoms with E-state index in [1.165, 1.54) is 18.4 Å². The van der Waals surface area contributed by atoms with E-state index in [-0.39, 0.29) is 0 Å². The summed E-state index contributed by atoms with van der Waals surface area (Å²) in [7, 11) is 0. The van der Waals surface area contributed by atoms with Gasteiger partial charge >= 0.3 is 0 Å². The molecule has 0 aromatic heterocycles. The molecule has 2 heteroatoms. The number of rotatable bonds is 3. The number of nitrogens with zero attached hydrogens (tertiary/aromatic N) is 1. The van der Waals surface area contributed by atoms with Gasteiger partial charge in [0.05, 0.1) is 11.6 Å². The zero-order valence-electron chi connectivity index (χ0n) is 8.38. The van der Waals surface area contributed by atoms with Gasteiger partial charge in [0.1, 0.15) is 0 Å². The number of hydrogen-bond acceptors (Lipinski definition) is 2. The van der Waals surface area contributed by atoms with E-state index in [1.54, 1.807) is 0 Å². The number of nitriles is 1. The van der Waals surface area contributed by atoms with E-state index in [1.807, 2.05) is 19.1 Å². The molecule has 0 atom stereocenters. The summed E-state index contributed by atoms with van der Waals surface area (Å²) < 4.78 is 0. The molecule has 0 unspecified atom stereocenters. The molecule has 2 nitrogen and oxygen atoms in total. The fourth-order valence-electron chi connectivity index (χ4n) is 1.51. The summed E-state index contributed by atoms with van der Waals surface area (Å²) in [5, 5.41) is 12.2. The Balaban J connectivity index is 2.03. The van der Waals surface area contributed by atoms with Gasteiger partial charge in [-0.15, -0.1) is 0 Å². The van der Waals surface area contributed by atoms with Crippen LogP contribution in [0.2, 0.25) is 0 Å². The quantitative estimate of drug-likeness (QED) is 0.784. The molecule has 0 spiro atoms. The lowest BCUT2D eigenvalue weighted by Crippen LogP contribution is -2.15. The first-order valence-corrected chi connectivity index (χ1v) is 5.02. The van der Waals surface area contributed by atoms with Gasteiger partial charge in [-0.05, 0) is 37.0 Å². The number of hydrogen-bond donors (Lipinski definition) is 1. The SMILES string of the molecule is Cc1cc(CNC2CC2)ccc1C#N. The fourth-order valence-corrected chi connectivity index (χ4v) is 1.51. The summed E-state index contributed by atoms with van der Waals surface area (Å²) in [4.78, 5) is 0. The summed E-state index contributed by atoms with van der Waals surface area (Å²) in [6.45, 7) is 2.91. The van der Waals surface area contributed by atoms with Crippen molar-refractivity contribution in [1.29, 1.82) is 5.26 Å². The molecule has 1 aliphatic carbocycles. The predicted octanol–water partition coefficient (Wildman–Crippen LogP) is 2.12. The third kappa shape index (κ3) is 2.12. The molecule has 1 fully saturated rings. The fraction of sp³-hybridized carbons (Fsp3) is 0.417. The molecule has 0 bridgehead atoms. The Morgan fingerprint density at radius 2 is 2.29 bits per heavy atom. The summed E-state index contributed by atoms with van der Waals surface area (Å²) >= 11 is 0. The van der Waals surface area contributed by atoms with Crippen LogP contribution < -0.4 is 5.32 Å². The molecule has 72 valence electrons. The first-order chi connectivity index (χ1) is 6.79. The Labute approximate surface area is 84.6 Å². The van der Waals surface area contributed by atoms with Crippen LogP contribution in [-0.2, 0) is 6.54 Å². The average molecular weight is 186 g/mol. The maximum atomic E-state index is 8.77. The molecule has 1 saturated carbocycles. The van der Waals surface area contributed by atoms with Gasteiger partial charge in [0.2, 0.25) is 0 Å². The minimum atomic E-state index is 0.742. The van der Waals surface area contributed by atoms with Gasteiger partial charge in [0.25, 0.3) is 0 Å². The zero-order valence-corrected chi connectivity index (χ0v) is 8.38. The van der Waals surface area contributed by atoms with Gasteiger partial charge in [-0.25, -0.2) is 0 Å². The Hall–Kier alpha value is -1.33. The van der Waals surface area contributed by atoms with Gasteiger partial charge in [0.15, 0.2) is 0 Å². The van der Waals surface area contributed by atoms with E-state index in [9.17, 15) is 0 Å². The van der Waals surface area contributed by atoms with Crippen molar-refractivity contribution in [1.82, 2.24) is 5.32 Å². The maximum Gasteiger partial charge on any atom is 0.0994 e. The molecule has 1 aromatic carbocycles. The highest BCUT2D eigenvalue weighted by Crippen LogP contribution is 2.19. The van der Waals surface area contributed by atoms with Crippen molar-refractivity contribution in [2.24, 2.45) is 0 Å². The summed E-state index contributed by atoms with van der Waals surface area (Å²) in [6.07, 6.45) is 2.63. The monoisotopic (exact) mass is 186 g/mol. The van der Waals surface area contributed by atoms with E-state index in [0.29, 0.717) is 0 Å². The van der Waals surface area contributed by atoms with Crippen molar-refractivity contribution in [3.05, 3.63) is 34.9 Å². The van der Waals surface area contributed by atoms with Crippen molar-refractivity contribution < 1.29 is 0 Å². The molecular formula is C12H14N2. The zero-order chi connectivity index (χ0) is 9.97. The third-order valence-electron chi connectivity index (χ3n) is 2.58. The lowest BCUT2D eigenvalue weighted by atomic mass is 10.1.